The third kappa shape index (κ3) is 38.1. The number of ether oxygens (including phenoxy) is 3. The third-order valence-corrected chi connectivity index (χ3v) is 9.70. The topological polar surface area (TPSA) is 102 Å². The van der Waals surface area contributed by atoms with Crippen LogP contribution < -0.4 is 5.11 Å². The second-order valence-electron chi connectivity index (χ2n) is 16.0. The quantitative estimate of drug-likeness (QED) is 0.0201. The molecular formula is C49H83NO7. The molecule has 0 aliphatic rings. The Bertz CT molecular complexity index is 1160. The van der Waals surface area contributed by atoms with Crippen LogP contribution in [-0.2, 0) is 28.6 Å². The molecule has 0 aromatic rings. The summed E-state index contributed by atoms with van der Waals surface area (Å²) in [6, 6.07) is -0.742. The Labute approximate surface area is 349 Å². The first-order chi connectivity index (χ1) is 27.6. The molecule has 0 radical (unpaired) electrons. The Balaban J connectivity index is 4.37. The van der Waals surface area contributed by atoms with Gasteiger partial charge in [0.1, 0.15) is 12.6 Å². The predicted molar refractivity (Wildman–Crippen MR) is 235 cm³/mol. The molecule has 0 fully saturated rings. The summed E-state index contributed by atoms with van der Waals surface area (Å²) < 4.78 is 17.1. The van der Waals surface area contributed by atoms with Crippen LogP contribution in [0, 0.1) is 0 Å². The van der Waals surface area contributed by atoms with Crippen molar-refractivity contribution in [1.82, 2.24) is 0 Å². The van der Waals surface area contributed by atoms with Crippen LogP contribution in [0.5, 0.6) is 0 Å². The third-order valence-electron chi connectivity index (χ3n) is 9.70. The van der Waals surface area contributed by atoms with Crippen LogP contribution in [0.15, 0.2) is 72.9 Å². The Morgan fingerprint density at radius 1 is 0.544 bits per heavy atom. The molecule has 2 atom stereocenters. The lowest BCUT2D eigenvalue weighted by Crippen LogP contribution is -2.55. The highest BCUT2D eigenvalue weighted by molar-refractivity contribution is 5.70. The minimum absolute atomic E-state index is 0.00727. The average Bonchev–Trinajstić information content (AvgIpc) is 3.17. The van der Waals surface area contributed by atoms with Gasteiger partial charge in [0.05, 0.1) is 40.3 Å². The Morgan fingerprint density at radius 3 is 1.54 bits per heavy atom. The van der Waals surface area contributed by atoms with Gasteiger partial charge in [-0.3, -0.25) is 9.59 Å². The van der Waals surface area contributed by atoms with Gasteiger partial charge in [-0.2, -0.15) is 0 Å². The van der Waals surface area contributed by atoms with E-state index in [9.17, 15) is 19.5 Å². The summed E-state index contributed by atoms with van der Waals surface area (Å²) in [6.07, 6.45) is 49.5. The largest absolute Gasteiger partial charge is 0.544 e. The fraction of sp³-hybridized carbons (Fsp3) is 0.694. The van der Waals surface area contributed by atoms with Crippen LogP contribution in [0.25, 0.3) is 0 Å². The Kier molecular flexibility index (Phi) is 37.3. The van der Waals surface area contributed by atoms with Gasteiger partial charge in [0.2, 0.25) is 0 Å². The van der Waals surface area contributed by atoms with Crippen molar-refractivity contribution in [3.63, 3.8) is 0 Å². The number of rotatable bonds is 39. The molecule has 0 aromatic carbocycles. The molecule has 0 spiro atoms. The lowest BCUT2D eigenvalue weighted by molar-refractivity contribution is -0.889. The van der Waals surface area contributed by atoms with Crippen molar-refractivity contribution in [2.24, 2.45) is 0 Å². The molecule has 2 unspecified atom stereocenters. The van der Waals surface area contributed by atoms with Gasteiger partial charge in [0.25, 0.3) is 0 Å². The van der Waals surface area contributed by atoms with Gasteiger partial charge < -0.3 is 28.6 Å². The van der Waals surface area contributed by atoms with Gasteiger partial charge in [-0.05, 0) is 51.4 Å². The van der Waals surface area contributed by atoms with Crippen molar-refractivity contribution in [2.45, 2.75) is 180 Å². The number of carbonyl (C=O) groups is 3. The number of unbranched alkanes of at least 4 members (excludes halogenated alkanes) is 17. The number of carboxylic acids is 1. The highest BCUT2D eigenvalue weighted by atomic mass is 16.6. The first-order valence-corrected chi connectivity index (χ1v) is 22.5. The molecule has 0 rings (SSSR count). The highest BCUT2D eigenvalue weighted by Crippen LogP contribution is 2.14. The highest BCUT2D eigenvalue weighted by Gasteiger charge is 2.25. The molecule has 0 N–H and O–H groups in total. The molecule has 8 heteroatoms. The van der Waals surface area contributed by atoms with Gasteiger partial charge in [-0.1, -0.05) is 170 Å². The summed E-state index contributed by atoms with van der Waals surface area (Å²) in [4.78, 5) is 36.8. The summed E-state index contributed by atoms with van der Waals surface area (Å²) in [5.41, 5.74) is 0. The number of hydrogen-bond acceptors (Lipinski definition) is 7. The molecule has 0 aromatic heterocycles. The molecule has 0 saturated heterocycles. The van der Waals surface area contributed by atoms with Crippen molar-refractivity contribution >= 4 is 17.9 Å². The zero-order valence-electron chi connectivity index (χ0n) is 37.0. The van der Waals surface area contributed by atoms with Crippen molar-refractivity contribution in [2.75, 3.05) is 41.0 Å². The number of aliphatic carboxylic acids is 1. The number of carboxylic acid groups (broad SMARTS) is 1. The average molecular weight is 798 g/mol. The van der Waals surface area contributed by atoms with E-state index in [1.165, 1.54) is 96.3 Å². The first kappa shape index (κ1) is 53.8. The second-order valence-corrected chi connectivity index (χ2v) is 16.0. The fourth-order valence-corrected chi connectivity index (χ4v) is 6.21. The maximum Gasteiger partial charge on any atom is 0.306 e. The van der Waals surface area contributed by atoms with Crippen molar-refractivity contribution in [3.8, 4) is 0 Å². The summed E-state index contributed by atoms with van der Waals surface area (Å²) in [5.74, 6) is -1.84. The number of likely N-dealkylation sites (N-methyl/N-ethyl adjacent to an activating group) is 1. The smallest absolute Gasteiger partial charge is 0.306 e. The summed E-state index contributed by atoms with van der Waals surface area (Å²) in [5, 5.41) is 11.6. The molecule has 0 saturated carbocycles. The van der Waals surface area contributed by atoms with Crippen LogP contribution in [0.1, 0.15) is 168 Å². The molecule has 0 aliphatic heterocycles. The lowest BCUT2D eigenvalue weighted by Gasteiger charge is -2.34. The number of esters is 2. The van der Waals surface area contributed by atoms with E-state index in [1.807, 2.05) is 54.7 Å². The maximum atomic E-state index is 12.7. The molecule has 8 nitrogen and oxygen atoms in total. The second kappa shape index (κ2) is 39.6. The van der Waals surface area contributed by atoms with Crippen molar-refractivity contribution in [3.05, 3.63) is 72.9 Å². The van der Waals surface area contributed by atoms with E-state index >= 15 is 0 Å². The van der Waals surface area contributed by atoms with Crippen molar-refractivity contribution in [1.29, 1.82) is 0 Å². The van der Waals surface area contributed by atoms with E-state index < -0.39 is 18.1 Å². The minimum Gasteiger partial charge on any atom is -0.544 e. The van der Waals surface area contributed by atoms with E-state index in [4.69, 9.17) is 14.2 Å². The fourth-order valence-electron chi connectivity index (χ4n) is 6.21. The Morgan fingerprint density at radius 2 is 1.02 bits per heavy atom. The van der Waals surface area contributed by atoms with E-state index in [0.717, 1.165) is 25.7 Å². The molecule has 0 aliphatic carbocycles. The Hall–Kier alpha value is -3.23. The molecule has 0 heterocycles. The SMILES string of the molecule is CC/C=C/C=C/C=C/C=C/C=C/CCCC(=O)OC(COCCC(C(=O)[O-])[N+](C)(C)C)COC(=O)CCCCCCCCC/C=C/CCCCCCCCCCC. The molecule has 57 heavy (non-hydrogen) atoms. The predicted octanol–water partition coefficient (Wildman–Crippen LogP) is 11.0. The number of quaternary nitrogens is 1. The molecular weight excluding hydrogens is 715 g/mol. The van der Waals surface area contributed by atoms with E-state index in [0.29, 0.717) is 19.3 Å². The van der Waals surface area contributed by atoms with Crippen LogP contribution in [0.3, 0.4) is 0 Å². The standard InChI is InChI=1S/C49H83NO7/c1-6-8-10-12-14-16-18-20-21-22-23-24-25-26-28-29-31-33-35-37-39-47(51)56-44-45(43-55-42-41-46(49(53)54)50(3,4)5)57-48(52)40-38-36-34-32-30-27-19-17-15-13-11-9-7-2/h9,11,13,15,17,19,23-24,27,30,32,34,45-46H,6-8,10,12,14,16,18,20-22,25-26,28-29,31,33,35-44H2,1-5H3/b11-9+,15-13+,19-17+,24-23+,30-27+,34-32+. The van der Waals surface area contributed by atoms with E-state index in [2.05, 4.69) is 32.1 Å². The van der Waals surface area contributed by atoms with Gasteiger partial charge in [-0.15, -0.1) is 0 Å². The number of carbonyl (C=O) groups excluding carboxylic acids is 3. The van der Waals surface area contributed by atoms with Gasteiger partial charge in [-0.25, -0.2) is 0 Å². The molecule has 326 valence electrons. The van der Waals surface area contributed by atoms with E-state index in [1.54, 1.807) is 21.1 Å². The summed E-state index contributed by atoms with van der Waals surface area (Å²) in [6.45, 7) is 4.42. The van der Waals surface area contributed by atoms with E-state index in [-0.39, 0.29) is 49.1 Å². The van der Waals surface area contributed by atoms with Crippen LogP contribution in [-0.4, -0.2) is 75.5 Å². The first-order valence-electron chi connectivity index (χ1n) is 22.5. The number of nitrogens with zero attached hydrogens (tertiary/aromatic N) is 1. The molecule has 0 bridgehead atoms. The normalized spacial score (nSPS) is 13.6. The van der Waals surface area contributed by atoms with Crippen molar-refractivity contribution < 1.29 is 38.2 Å². The van der Waals surface area contributed by atoms with Crippen LogP contribution in [0.4, 0.5) is 0 Å². The number of hydrogen-bond donors (Lipinski definition) is 0. The zero-order valence-corrected chi connectivity index (χ0v) is 37.0. The van der Waals surface area contributed by atoms with Crippen LogP contribution in [0.2, 0.25) is 0 Å². The summed E-state index contributed by atoms with van der Waals surface area (Å²) in [7, 11) is 5.37. The van der Waals surface area contributed by atoms with Gasteiger partial charge in [0, 0.05) is 19.3 Å². The zero-order chi connectivity index (χ0) is 42.1. The minimum atomic E-state index is -1.14. The maximum absolute atomic E-state index is 12.7. The summed E-state index contributed by atoms with van der Waals surface area (Å²) >= 11 is 0. The van der Waals surface area contributed by atoms with Gasteiger partial charge in [0.15, 0.2) is 6.10 Å². The van der Waals surface area contributed by atoms with Crippen LogP contribution >= 0.6 is 0 Å². The number of allylic oxidation sites excluding steroid dienone is 12. The lowest BCUT2D eigenvalue weighted by atomic mass is 10.1. The monoisotopic (exact) mass is 798 g/mol. The van der Waals surface area contributed by atoms with Gasteiger partial charge >= 0.3 is 11.9 Å². The molecule has 0 amide bonds.